The number of anilines is 1. The Morgan fingerprint density at radius 3 is 2.53 bits per heavy atom. The molecule has 2 saturated heterocycles. The van der Waals surface area contributed by atoms with Crippen LogP contribution in [0, 0.1) is 0 Å². The number of likely N-dealkylation sites (tertiary alicyclic amines) is 1. The number of methoxy groups -OCH3 is 1. The van der Waals surface area contributed by atoms with Crippen LogP contribution in [0.1, 0.15) is 37.4 Å². The van der Waals surface area contributed by atoms with E-state index in [1.807, 2.05) is 35.4 Å². The number of hydrogen-bond donors (Lipinski definition) is 1. The number of carbonyl (C=O) groups is 1. The van der Waals surface area contributed by atoms with E-state index in [0.29, 0.717) is 13.1 Å². The molecule has 2 aromatic heterocycles. The van der Waals surface area contributed by atoms with E-state index in [2.05, 4.69) is 65.8 Å². The zero-order valence-electron chi connectivity index (χ0n) is 25.6. The van der Waals surface area contributed by atoms with Crippen LogP contribution in [0.2, 0.25) is 0 Å². The van der Waals surface area contributed by atoms with E-state index in [1.165, 1.54) is 0 Å². The van der Waals surface area contributed by atoms with Gasteiger partial charge in [0.1, 0.15) is 17.7 Å². The number of pyridine rings is 1. The number of rotatable bonds is 9. The van der Waals surface area contributed by atoms with Crippen molar-refractivity contribution in [2.75, 3.05) is 45.4 Å². The van der Waals surface area contributed by atoms with Crippen molar-refractivity contribution in [3.8, 4) is 16.9 Å². The maximum atomic E-state index is 13.9. The zero-order valence-corrected chi connectivity index (χ0v) is 25.6. The molecule has 1 aromatic carbocycles. The van der Waals surface area contributed by atoms with Crippen molar-refractivity contribution in [3.05, 3.63) is 85.9 Å². The summed E-state index contributed by atoms with van der Waals surface area (Å²) >= 11 is 0. The molecule has 232 valence electrons. The molecular weight excluding hydrogens is 550 g/mol. The van der Waals surface area contributed by atoms with E-state index < -0.39 is 12.8 Å². The lowest BCUT2D eigenvalue weighted by molar-refractivity contribution is 0.0825. The number of alkyl halides is 2. The second kappa shape index (κ2) is 16.0. The SMILES string of the molecule is C=C.C=CC(F)CCF.CCc1nc(N2CC3(CCN(C)CC3)N(Cc3cccc(OC)c3)C2=O)ccc1-c1cn[nH]c1. The van der Waals surface area contributed by atoms with Gasteiger partial charge in [-0.3, -0.25) is 14.4 Å². The van der Waals surface area contributed by atoms with Crippen molar-refractivity contribution in [3.63, 3.8) is 0 Å². The highest BCUT2D eigenvalue weighted by molar-refractivity contribution is 5.94. The molecular formula is C33H44F2N6O2. The van der Waals surface area contributed by atoms with Gasteiger partial charge in [0.25, 0.3) is 0 Å². The number of halogens is 2. The fourth-order valence-corrected chi connectivity index (χ4v) is 5.42. The normalized spacial score (nSPS) is 16.6. The van der Waals surface area contributed by atoms with Crippen LogP contribution in [0.25, 0.3) is 11.1 Å². The summed E-state index contributed by atoms with van der Waals surface area (Å²) in [5.41, 5.74) is 3.90. The number of nitrogens with zero attached hydrogens (tertiary/aromatic N) is 5. The summed E-state index contributed by atoms with van der Waals surface area (Å²) in [5, 5.41) is 6.95. The molecule has 2 amide bonds. The molecule has 8 nitrogen and oxygen atoms in total. The van der Waals surface area contributed by atoms with Gasteiger partial charge in [0.15, 0.2) is 0 Å². The monoisotopic (exact) mass is 594 g/mol. The first-order valence-corrected chi connectivity index (χ1v) is 14.6. The standard InChI is InChI=1S/C26H32N6O2.C5H8F2.C2H4/c1-4-23-22(20-15-27-28-16-20)8-9-24(29-23)31-18-26(10-12-30(2)13-11-26)32(25(31)33)17-19-6-5-7-21(14-19)34-3;1-2-5(7)3-4-6;1-2/h5-9,14-16H,4,10-13,17-18H2,1-3H3,(H,27,28);2,5H,1,3-4H2;1-2H2. The third kappa shape index (κ3) is 8.07. The number of amides is 2. The molecule has 4 heterocycles. The largest absolute Gasteiger partial charge is 0.497 e. The zero-order chi connectivity index (χ0) is 31.4. The molecule has 2 fully saturated rings. The lowest BCUT2D eigenvalue weighted by atomic mass is 9.86. The van der Waals surface area contributed by atoms with Crippen LogP contribution in [-0.2, 0) is 13.0 Å². The topological polar surface area (TPSA) is 77.6 Å². The third-order valence-corrected chi connectivity index (χ3v) is 7.90. The molecule has 0 radical (unpaired) electrons. The van der Waals surface area contributed by atoms with Gasteiger partial charge >= 0.3 is 6.03 Å². The Morgan fingerprint density at radius 1 is 1.21 bits per heavy atom. The van der Waals surface area contributed by atoms with Gasteiger partial charge in [0, 0.05) is 43.4 Å². The van der Waals surface area contributed by atoms with Crippen LogP contribution >= 0.6 is 0 Å². The minimum Gasteiger partial charge on any atom is -0.497 e. The number of piperidine rings is 1. The minimum atomic E-state index is -1.16. The fraction of sp³-hybridized carbons (Fsp3) is 0.424. The molecule has 0 saturated carbocycles. The molecule has 10 heteroatoms. The Kier molecular flexibility index (Phi) is 12.4. The van der Waals surface area contributed by atoms with Gasteiger partial charge in [-0.2, -0.15) is 5.10 Å². The predicted molar refractivity (Wildman–Crippen MR) is 169 cm³/mol. The number of aryl methyl sites for hydroxylation is 1. The first-order valence-electron chi connectivity index (χ1n) is 14.6. The Bertz CT molecular complexity index is 1310. The molecule has 1 unspecified atom stereocenters. The van der Waals surface area contributed by atoms with Crippen molar-refractivity contribution < 1.29 is 18.3 Å². The number of benzene rings is 1. The number of ether oxygens (including phenoxy) is 1. The summed E-state index contributed by atoms with van der Waals surface area (Å²) in [7, 11) is 3.82. The second-order valence-electron chi connectivity index (χ2n) is 10.6. The lowest BCUT2D eigenvalue weighted by Crippen LogP contribution is -2.53. The van der Waals surface area contributed by atoms with Crippen molar-refractivity contribution in [2.24, 2.45) is 0 Å². The van der Waals surface area contributed by atoms with E-state index in [9.17, 15) is 13.6 Å². The van der Waals surface area contributed by atoms with E-state index in [4.69, 9.17) is 9.72 Å². The van der Waals surface area contributed by atoms with Gasteiger partial charge in [-0.05, 0) is 56.1 Å². The number of allylic oxidation sites excluding steroid dienone is 1. The fourth-order valence-electron chi connectivity index (χ4n) is 5.42. The quantitative estimate of drug-likeness (QED) is 0.282. The number of aromatic nitrogens is 3. The number of aromatic amines is 1. The predicted octanol–water partition coefficient (Wildman–Crippen LogP) is 6.62. The highest BCUT2D eigenvalue weighted by Gasteiger charge is 2.51. The molecule has 3 aromatic rings. The Balaban J connectivity index is 0.000000496. The average Bonchev–Trinajstić information content (AvgIpc) is 3.67. The molecule has 2 aliphatic rings. The number of urea groups is 1. The summed E-state index contributed by atoms with van der Waals surface area (Å²) in [4.78, 5) is 25.1. The molecule has 1 atom stereocenters. The van der Waals surface area contributed by atoms with Crippen LogP contribution in [0.5, 0.6) is 5.75 Å². The molecule has 1 N–H and O–H groups in total. The second-order valence-corrected chi connectivity index (χ2v) is 10.6. The van der Waals surface area contributed by atoms with E-state index >= 15 is 0 Å². The van der Waals surface area contributed by atoms with Crippen LogP contribution in [-0.4, -0.2) is 83.2 Å². The highest BCUT2D eigenvalue weighted by atomic mass is 19.1. The summed E-state index contributed by atoms with van der Waals surface area (Å²) in [6, 6.07) is 12.1. The minimum absolute atomic E-state index is 0.0259. The smallest absolute Gasteiger partial charge is 0.326 e. The van der Waals surface area contributed by atoms with Gasteiger partial charge < -0.3 is 14.5 Å². The first-order chi connectivity index (χ1) is 20.8. The summed E-state index contributed by atoms with van der Waals surface area (Å²) < 4.78 is 28.3. The Labute approximate surface area is 254 Å². The van der Waals surface area contributed by atoms with Gasteiger partial charge in [0.2, 0.25) is 0 Å². The van der Waals surface area contributed by atoms with Gasteiger partial charge in [-0.1, -0.05) is 25.1 Å². The number of nitrogens with one attached hydrogen (secondary N) is 1. The van der Waals surface area contributed by atoms with Gasteiger partial charge in [0.05, 0.1) is 37.8 Å². The molecule has 5 rings (SSSR count). The number of H-pyrrole nitrogens is 1. The maximum absolute atomic E-state index is 13.9. The summed E-state index contributed by atoms with van der Waals surface area (Å²) in [6.45, 7) is 13.8. The maximum Gasteiger partial charge on any atom is 0.326 e. The van der Waals surface area contributed by atoms with Gasteiger partial charge in [-0.15, -0.1) is 19.7 Å². The number of carbonyl (C=O) groups excluding carboxylic acids is 1. The van der Waals surface area contributed by atoms with Crippen molar-refractivity contribution in [1.29, 1.82) is 0 Å². The summed E-state index contributed by atoms with van der Waals surface area (Å²) in [5.74, 6) is 1.53. The third-order valence-electron chi connectivity index (χ3n) is 7.90. The van der Waals surface area contributed by atoms with Crippen LogP contribution < -0.4 is 9.64 Å². The van der Waals surface area contributed by atoms with Crippen molar-refractivity contribution in [2.45, 2.75) is 50.9 Å². The van der Waals surface area contributed by atoms with Crippen LogP contribution in [0.4, 0.5) is 19.4 Å². The van der Waals surface area contributed by atoms with E-state index in [1.54, 1.807) is 13.3 Å². The van der Waals surface area contributed by atoms with Crippen LogP contribution in [0.15, 0.2) is 74.6 Å². The van der Waals surface area contributed by atoms with Crippen molar-refractivity contribution >= 4 is 11.8 Å². The Hall–Kier alpha value is -4.05. The Morgan fingerprint density at radius 2 is 1.95 bits per heavy atom. The molecule has 43 heavy (non-hydrogen) atoms. The van der Waals surface area contributed by atoms with E-state index in [-0.39, 0.29) is 18.0 Å². The lowest BCUT2D eigenvalue weighted by Gasteiger charge is -2.42. The van der Waals surface area contributed by atoms with E-state index in [0.717, 1.165) is 72.4 Å². The van der Waals surface area contributed by atoms with Crippen LogP contribution in [0.3, 0.4) is 0 Å². The average molecular weight is 595 g/mol. The van der Waals surface area contributed by atoms with Crippen molar-refractivity contribution in [1.82, 2.24) is 25.0 Å². The summed E-state index contributed by atoms with van der Waals surface area (Å²) in [6.07, 6.45) is 6.24. The van der Waals surface area contributed by atoms with Gasteiger partial charge in [-0.25, -0.2) is 14.2 Å². The molecule has 2 aliphatic heterocycles. The highest BCUT2D eigenvalue weighted by Crippen LogP contribution is 2.39. The molecule has 1 spiro atoms. The number of hydrogen-bond acceptors (Lipinski definition) is 5. The molecule has 0 bridgehead atoms. The molecule has 0 aliphatic carbocycles. The first kappa shape index (κ1) is 33.5.